The molecule has 1 fully saturated rings. The number of hydrogen-bond acceptors (Lipinski definition) is 5. The van der Waals surface area contributed by atoms with Crippen LogP contribution in [0.1, 0.15) is 25.0 Å². The second-order valence-electron chi connectivity index (χ2n) is 8.10. The van der Waals surface area contributed by atoms with Crippen molar-refractivity contribution >= 4 is 28.2 Å². The highest BCUT2D eigenvalue weighted by atomic mass is 32.2. The SMILES string of the molecule is CN(C)c1ccc(C=CC23OCCN2c2ccc([SH](=O)=O)cc2C3(C)C)cc1. The molecule has 2 aromatic carbocycles. The fraction of sp³-hybridized carbons (Fsp3) is 0.364. The van der Waals surface area contributed by atoms with E-state index in [0.29, 0.717) is 11.5 Å². The zero-order valence-corrected chi connectivity index (χ0v) is 17.6. The second kappa shape index (κ2) is 6.64. The highest BCUT2D eigenvalue weighted by Gasteiger charge is 2.59. The Hall–Kier alpha value is -2.31. The minimum absolute atomic E-state index is 0.349. The van der Waals surface area contributed by atoms with Crippen molar-refractivity contribution in [1.82, 2.24) is 0 Å². The summed E-state index contributed by atoms with van der Waals surface area (Å²) in [4.78, 5) is 4.68. The first-order chi connectivity index (χ1) is 13.3. The first-order valence-electron chi connectivity index (χ1n) is 9.43. The summed E-state index contributed by atoms with van der Waals surface area (Å²) in [6.45, 7) is 5.67. The maximum Gasteiger partial charge on any atom is 0.170 e. The Morgan fingerprint density at radius 3 is 2.46 bits per heavy atom. The summed E-state index contributed by atoms with van der Waals surface area (Å²) in [6, 6.07) is 13.8. The van der Waals surface area contributed by atoms with Crippen LogP contribution >= 0.6 is 0 Å². The van der Waals surface area contributed by atoms with Crippen molar-refractivity contribution in [3.8, 4) is 0 Å². The molecule has 0 bridgehead atoms. The molecule has 0 aromatic heterocycles. The molecule has 28 heavy (non-hydrogen) atoms. The Morgan fingerprint density at radius 1 is 1.11 bits per heavy atom. The van der Waals surface area contributed by atoms with E-state index < -0.39 is 16.4 Å². The van der Waals surface area contributed by atoms with Crippen LogP contribution in [0.25, 0.3) is 6.08 Å². The molecule has 148 valence electrons. The van der Waals surface area contributed by atoms with Gasteiger partial charge in [0.05, 0.1) is 11.5 Å². The molecule has 2 aromatic rings. The Labute approximate surface area is 168 Å². The molecule has 0 amide bonds. The Morgan fingerprint density at radius 2 is 1.82 bits per heavy atom. The number of benzene rings is 2. The molecule has 2 aliphatic rings. The van der Waals surface area contributed by atoms with Gasteiger partial charge in [0.2, 0.25) is 0 Å². The van der Waals surface area contributed by atoms with E-state index in [1.54, 1.807) is 12.1 Å². The van der Waals surface area contributed by atoms with Crippen molar-refractivity contribution in [1.29, 1.82) is 0 Å². The molecule has 0 saturated carbocycles. The lowest BCUT2D eigenvalue weighted by Gasteiger charge is -2.39. The zero-order chi connectivity index (χ0) is 20.1. The normalized spacial score (nSPS) is 22.7. The molecule has 2 aliphatic heterocycles. The highest BCUT2D eigenvalue weighted by molar-refractivity contribution is 7.72. The van der Waals surface area contributed by atoms with Gasteiger partial charge in [0.1, 0.15) is 0 Å². The predicted octanol–water partition coefficient (Wildman–Crippen LogP) is 3.26. The Balaban J connectivity index is 1.75. The summed E-state index contributed by atoms with van der Waals surface area (Å²) in [5, 5.41) is 0. The van der Waals surface area contributed by atoms with Crippen molar-refractivity contribution in [3.63, 3.8) is 0 Å². The molecule has 1 atom stereocenters. The molecule has 0 aliphatic carbocycles. The summed E-state index contributed by atoms with van der Waals surface area (Å²) < 4.78 is 29.3. The van der Waals surface area contributed by atoms with E-state index in [0.717, 1.165) is 29.0 Å². The predicted molar refractivity (Wildman–Crippen MR) is 114 cm³/mol. The first kappa shape index (κ1) is 19.0. The quantitative estimate of drug-likeness (QED) is 0.801. The third kappa shape index (κ3) is 2.74. The van der Waals surface area contributed by atoms with Crippen LogP contribution in [-0.4, -0.2) is 41.4 Å². The van der Waals surface area contributed by atoms with Crippen molar-refractivity contribution in [2.45, 2.75) is 29.9 Å². The topological polar surface area (TPSA) is 49.9 Å². The summed E-state index contributed by atoms with van der Waals surface area (Å²) in [5.41, 5.74) is 3.31. The number of hydrogen-bond donors (Lipinski definition) is 1. The fourth-order valence-electron chi connectivity index (χ4n) is 4.36. The molecular weight excluding hydrogens is 372 g/mol. The second-order valence-corrected chi connectivity index (χ2v) is 9.13. The average molecular weight is 399 g/mol. The molecule has 0 N–H and O–H groups in total. The van der Waals surface area contributed by atoms with Crippen molar-refractivity contribution in [2.24, 2.45) is 0 Å². The van der Waals surface area contributed by atoms with Crippen LogP contribution in [0.15, 0.2) is 53.4 Å². The number of anilines is 2. The van der Waals surface area contributed by atoms with Gasteiger partial charge >= 0.3 is 0 Å². The highest BCUT2D eigenvalue weighted by Crippen LogP contribution is 2.55. The lowest BCUT2D eigenvalue weighted by Crippen LogP contribution is -2.51. The van der Waals surface area contributed by atoms with Gasteiger partial charge in [-0.3, -0.25) is 0 Å². The van der Waals surface area contributed by atoms with Gasteiger partial charge in [0.25, 0.3) is 0 Å². The standard InChI is InChI=1S/C22H26N2O3S/c1-21(2)19-15-18(28(25)26)9-10-20(19)24-13-14-27-22(21,24)12-11-16-5-7-17(8-6-16)23(3)4/h5-12,15,28H,13-14H2,1-4H3. The number of nitrogens with zero attached hydrogens (tertiary/aromatic N) is 2. The van der Waals surface area contributed by atoms with Gasteiger partial charge in [0, 0.05) is 37.4 Å². The number of thiol groups is 1. The molecule has 0 radical (unpaired) electrons. The molecule has 5 nitrogen and oxygen atoms in total. The molecule has 0 spiro atoms. The average Bonchev–Trinajstić information content (AvgIpc) is 3.17. The summed E-state index contributed by atoms with van der Waals surface area (Å²) in [5.74, 6) is 0. The molecule has 1 unspecified atom stereocenters. The van der Waals surface area contributed by atoms with Crippen molar-refractivity contribution in [2.75, 3.05) is 37.0 Å². The monoisotopic (exact) mass is 398 g/mol. The van der Waals surface area contributed by atoms with Crippen LogP contribution in [-0.2, 0) is 20.9 Å². The molecule has 4 rings (SSSR count). The van der Waals surface area contributed by atoms with Crippen LogP contribution in [0, 0.1) is 0 Å². The van der Waals surface area contributed by atoms with Crippen LogP contribution in [0.5, 0.6) is 0 Å². The van der Waals surface area contributed by atoms with Crippen LogP contribution in [0.3, 0.4) is 0 Å². The van der Waals surface area contributed by atoms with Gasteiger partial charge in [-0.1, -0.05) is 32.1 Å². The van der Waals surface area contributed by atoms with Gasteiger partial charge in [-0.15, -0.1) is 0 Å². The molecular formula is C22H26N2O3S. The smallest absolute Gasteiger partial charge is 0.170 e. The Kier molecular flexibility index (Phi) is 4.51. The van der Waals surface area contributed by atoms with Gasteiger partial charge in [-0.2, -0.15) is 0 Å². The minimum Gasteiger partial charge on any atom is -0.378 e. The van der Waals surface area contributed by atoms with Gasteiger partial charge in [-0.05, 0) is 47.5 Å². The van der Waals surface area contributed by atoms with Crippen molar-refractivity contribution < 1.29 is 13.2 Å². The van der Waals surface area contributed by atoms with Crippen LogP contribution in [0.2, 0.25) is 0 Å². The first-order valence-corrected chi connectivity index (χ1v) is 10.6. The van der Waals surface area contributed by atoms with E-state index in [9.17, 15) is 8.42 Å². The molecule has 1 saturated heterocycles. The van der Waals surface area contributed by atoms with Gasteiger partial charge in [0.15, 0.2) is 16.4 Å². The van der Waals surface area contributed by atoms with Crippen molar-refractivity contribution in [3.05, 3.63) is 59.7 Å². The van der Waals surface area contributed by atoms with Gasteiger partial charge < -0.3 is 14.5 Å². The van der Waals surface area contributed by atoms with Gasteiger partial charge in [-0.25, -0.2) is 8.42 Å². The third-order valence-corrected chi connectivity index (χ3v) is 6.70. The lowest BCUT2D eigenvalue weighted by molar-refractivity contribution is 0.000295. The van der Waals surface area contributed by atoms with E-state index >= 15 is 0 Å². The van der Waals surface area contributed by atoms with Crippen LogP contribution < -0.4 is 9.80 Å². The lowest BCUT2D eigenvalue weighted by atomic mass is 9.77. The van der Waals surface area contributed by atoms with E-state index in [-0.39, 0.29) is 5.41 Å². The van der Waals surface area contributed by atoms with E-state index in [1.807, 2.05) is 20.2 Å². The summed E-state index contributed by atoms with van der Waals surface area (Å²) in [7, 11) is 1.44. The van der Waals surface area contributed by atoms with Crippen LogP contribution in [0.4, 0.5) is 11.4 Å². The molecule has 6 heteroatoms. The maximum atomic E-state index is 11.5. The summed E-state index contributed by atoms with van der Waals surface area (Å²) in [6.07, 6.45) is 4.22. The van der Waals surface area contributed by atoms with E-state index in [1.165, 1.54) is 0 Å². The fourth-order valence-corrected chi connectivity index (χ4v) is 4.79. The third-order valence-electron chi connectivity index (χ3n) is 6.00. The van der Waals surface area contributed by atoms with E-state index in [2.05, 4.69) is 60.1 Å². The number of ether oxygens (including phenoxy) is 1. The largest absolute Gasteiger partial charge is 0.378 e. The number of rotatable bonds is 4. The maximum absolute atomic E-state index is 11.5. The Bertz CT molecular complexity index is 1000. The van der Waals surface area contributed by atoms with E-state index in [4.69, 9.17) is 4.74 Å². The number of fused-ring (bicyclic) bond motifs is 3. The zero-order valence-electron chi connectivity index (χ0n) is 16.7. The summed E-state index contributed by atoms with van der Waals surface area (Å²) >= 11 is 0. The minimum atomic E-state index is -2.61. The molecule has 2 heterocycles.